The fourth-order valence-electron chi connectivity index (χ4n) is 0.389. The number of carbonyl (C=O) groups is 1. The van der Waals surface area contributed by atoms with Crippen LogP contribution < -0.4 is 0 Å². The summed E-state index contributed by atoms with van der Waals surface area (Å²) in [5.74, 6) is -0.0637. The van der Waals surface area contributed by atoms with E-state index < -0.39 is 0 Å². The summed E-state index contributed by atoms with van der Waals surface area (Å²) in [6.07, 6.45) is 3.17. The van der Waals surface area contributed by atoms with Crippen LogP contribution in [-0.2, 0) is 9.53 Å². The van der Waals surface area contributed by atoms with Crippen molar-refractivity contribution < 1.29 is 9.53 Å². The average Bonchev–Trinajstić information content (AvgIpc) is 1.69. The van der Waals surface area contributed by atoms with Gasteiger partial charge in [-0.25, -0.2) is 0 Å². The Morgan fingerprint density at radius 2 is 2.57 bits per heavy atom. The molecule has 0 spiro atoms. The molecule has 2 heteroatoms. The second-order valence-electron chi connectivity index (χ2n) is 1.26. The second-order valence-corrected chi connectivity index (χ2v) is 1.26. The first-order chi connectivity index (χ1) is 3.39. The number of ketones is 1. The van der Waals surface area contributed by atoms with Crippen molar-refractivity contribution in [3.05, 3.63) is 18.8 Å². The van der Waals surface area contributed by atoms with Crippen LogP contribution in [0.3, 0.4) is 0 Å². The zero-order valence-corrected chi connectivity index (χ0v) is 3.76. The van der Waals surface area contributed by atoms with Crippen LogP contribution >= 0.6 is 0 Å². The van der Waals surface area contributed by atoms with Crippen molar-refractivity contribution in [2.45, 2.75) is 0 Å². The second kappa shape index (κ2) is 1.89. The Kier molecular flexibility index (Phi) is 1.22. The van der Waals surface area contributed by atoms with E-state index in [2.05, 4.69) is 4.74 Å². The molecule has 37 valence electrons. The van der Waals surface area contributed by atoms with Gasteiger partial charge in [-0.3, -0.25) is 4.79 Å². The third kappa shape index (κ3) is 1.12. The lowest BCUT2D eigenvalue weighted by atomic mass is 10.3. The smallest absolute Gasteiger partial charge is 0.187 e. The van der Waals surface area contributed by atoms with Gasteiger partial charge in [-0.05, 0) is 6.08 Å². The third-order valence-electron chi connectivity index (χ3n) is 0.674. The predicted octanol–water partition coefficient (Wildman–Crippen LogP) is 0.304. The zero-order chi connectivity index (χ0) is 5.11. The van der Waals surface area contributed by atoms with Gasteiger partial charge in [0.1, 0.15) is 0 Å². The summed E-state index contributed by atoms with van der Waals surface area (Å²) >= 11 is 0. The van der Waals surface area contributed by atoms with Crippen molar-refractivity contribution in [3.8, 4) is 0 Å². The van der Waals surface area contributed by atoms with Gasteiger partial charge in [0, 0.05) is 0 Å². The average molecular weight is 97.1 g/mol. The summed E-state index contributed by atoms with van der Waals surface area (Å²) in [6, 6.07) is 0. The minimum Gasteiger partial charge on any atom is -0.363 e. The molecule has 1 heterocycles. The summed E-state index contributed by atoms with van der Waals surface area (Å²) in [6.45, 7) is 1.74. The van der Waals surface area contributed by atoms with Crippen LogP contribution in [0, 0.1) is 6.61 Å². The van der Waals surface area contributed by atoms with E-state index in [-0.39, 0.29) is 5.78 Å². The van der Waals surface area contributed by atoms with Gasteiger partial charge in [-0.15, -0.1) is 0 Å². The normalized spacial score (nSPS) is 20.3. The van der Waals surface area contributed by atoms with Crippen LogP contribution in [0.25, 0.3) is 0 Å². The van der Waals surface area contributed by atoms with E-state index in [1.165, 1.54) is 12.7 Å². The van der Waals surface area contributed by atoms with E-state index >= 15 is 0 Å². The molecule has 0 fully saturated rings. The maximum atomic E-state index is 10.2. The Bertz CT molecular complexity index is 105. The molecule has 2 nitrogen and oxygen atoms in total. The zero-order valence-electron chi connectivity index (χ0n) is 3.76. The number of ether oxygens (including phenoxy) is 1. The molecule has 0 saturated heterocycles. The Balaban J connectivity index is 2.51. The number of carbonyl (C=O) groups excluding carboxylic acids is 1. The minimum atomic E-state index is -0.0637. The molecule has 7 heavy (non-hydrogen) atoms. The number of hydrogen-bond donors (Lipinski definition) is 0. The van der Waals surface area contributed by atoms with Crippen LogP contribution in [0.5, 0.6) is 0 Å². The molecule has 0 saturated carbocycles. The van der Waals surface area contributed by atoms with Crippen LogP contribution in [0.2, 0.25) is 0 Å². The molecule has 1 rings (SSSR count). The van der Waals surface area contributed by atoms with E-state index in [1.807, 2.05) is 0 Å². The maximum Gasteiger partial charge on any atom is 0.187 e. The quantitative estimate of drug-likeness (QED) is 0.434. The molecule has 0 unspecified atom stereocenters. The van der Waals surface area contributed by atoms with Crippen molar-refractivity contribution in [2.75, 3.05) is 6.61 Å². The first-order valence-electron chi connectivity index (χ1n) is 2.05. The molecule has 0 N–H and O–H groups in total. The SMILES string of the molecule is O=C1[CH]OCC=C1. The Labute approximate surface area is 41.8 Å². The fraction of sp³-hybridized carbons (Fsp3) is 0.200. The van der Waals surface area contributed by atoms with Gasteiger partial charge in [0.15, 0.2) is 12.4 Å². The molecule has 0 bridgehead atoms. The Morgan fingerprint density at radius 3 is 2.86 bits per heavy atom. The molecule has 0 amide bonds. The first-order valence-corrected chi connectivity index (χ1v) is 2.05. The van der Waals surface area contributed by atoms with Crippen LogP contribution in [-0.4, -0.2) is 12.4 Å². The number of rotatable bonds is 0. The first kappa shape index (κ1) is 4.53. The Hall–Kier alpha value is -0.630. The van der Waals surface area contributed by atoms with E-state index in [4.69, 9.17) is 0 Å². The van der Waals surface area contributed by atoms with Crippen molar-refractivity contribution in [2.24, 2.45) is 0 Å². The lowest BCUT2D eigenvalue weighted by Gasteiger charge is -1.99. The third-order valence-corrected chi connectivity index (χ3v) is 0.674. The molecule has 0 atom stereocenters. The van der Waals surface area contributed by atoms with E-state index in [1.54, 1.807) is 6.08 Å². The van der Waals surface area contributed by atoms with Crippen LogP contribution in [0.4, 0.5) is 0 Å². The highest BCUT2D eigenvalue weighted by Gasteiger charge is 1.99. The molecule has 1 radical (unpaired) electrons. The van der Waals surface area contributed by atoms with Crippen LogP contribution in [0.15, 0.2) is 12.2 Å². The highest BCUT2D eigenvalue weighted by molar-refractivity contribution is 5.96. The lowest BCUT2D eigenvalue weighted by Crippen LogP contribution is -2.03. The predicted molar refractivity (Wildman–Crippen MR) is 24.4 cm³/mol. The van der Waals surface area contributed by atoms with Crippen molar-refractivity contribution in [1.29, 1.82) is 0 Å². The summed E-state index contributed by atoms with van der Waals surface area (Å²) in [5.41, 5.74) is 0. The summed E-state index contributed by atoms with van der Waals surface area (Å²) in [5, 5.41) is 0. The van der Waals surface area contributed by atoms with Gasteiger partial charge in [-0.1, -0.05) is 6.08 Å². The number of hydrogen-bond acceptors (Lipinski definition) is 2. The molecule has 0 aromatic heterocycles. The summed E-state index contributed by atoms with van der Waals surface area (Å²) < 4.78 is 4.62. The van der Waals surface area contributed by atoms with E-state index in [9.17, 15) is 4.79 Å². The standard InChI is InChI=1S/C5H5O2/c6-5-2-1-3-7-4-5/h1-2,4H,3H2. The van der Waals surface area contributed by atoms with Gasteiger partial charge < -0.3 is 4.74 Å². The van der Waals surface area contributed by atoms with Crippen molar-refractivity contribution in [1.82, 2.24) is 0 Å². The molecular weight excluding hydrogens is 92.1 g/mol. The highest BCUT2D eigenvalue weighted by atomic mass is 16.5. The van der Waals surface area contributed by atoms with Gasteiger partial charge >= 0.3 is 0 Å². The van der Waals surface area contributed by atoms with Crippen molar-refractivity contribution >= 4 is 5.78 Å². The molecule has 1 aliphatic heterocycles. The summed E-state index contributed by atoms with van der Waals surface area (Å²) in [7, 11) is 0. The fourth-order valence-corrected chi connectivity index (χ4v) is 0.389. The van der Waals surface area contributed by atoms with E-state index in [0.29, 0.717) is 6.61 Å². The minimum absolute atomic E-state index is 0.0637. The van der Waals surface area contributed by atoms with Crippen LogP contribution in [0.1, 0.15) is 0 Å². The molecule has 0 aromatic carbocycles. The topological polar surface area (TPSA) is 26.3 Å². The summed E-state index contributed by atoms with van der Waals surface area (Å²) in [4.78, 5) is 10.2. The lowest BCUT2D eigenvalue weighted by molar-refractivity contribution is -0.115. The highest BCUT2D eigenvalue weighted by Crippen LogP contribution is 1.93. The van der Waals surface area contributed by atoms with Gasteiger partial charge in [0.05, 0.1) is 6.61 Å². The molecule has 0 aliphatic carbocycles. The van der Waals surface area contributed by atoms with Gasteiger partial charge in [-0.2, -0.15) is 0 Å². The maximum absolute atomic E-state index is 10.2. The van der Waals surface area contributed by atoms with Gasteiger partial charge in [0.25, 0.3) is 0 Å². The Morgan fingerprint density at radius 1 is 1.71 bits per heavy atom. The molecule has 0 aromatic rings. The van der Waals surface area contributed by atoms with Gasteiger partial charge in [0.2, 0.25) is 0 Å². The largest absolute Gasteiger partial charge is 0.363 e. The van der Waals surface area contributed by atoms with Crippen molar-refractivity contribution in [3.63, 3.8) is 0 Å². The molecular formula is C5H5O2. The molecule has 1 aliphatic rings. The monoisotopic (exact) mass is 97.0 g/mol. The van der Waals surface area contributed by atoms with E-state index in [0.717, 1.165) is 0 Å².